The van der Waals surface area contributed by atoms with Gasteiger partial charge in [0.25, 0.3) is 0 Å². The van der Waals surface area contributed by atoms with Gasteiger partial charge in [-0.2, -0.15) is 0 Å². The van der Waals surface area contributed by atoms with Gasteiger partial charge in [0.15, 0.2) is 5.41 Å². The Morgan fingerprint density at radius 3 is 2.65 bits per heavy atom. The van der Waals surface area contributed by atoms with Gasteiger partial charge in [0.1, 0.15) is 0 Å². The summed E-state index contributed by atoms with van der Waals surface area (Å²) in [7, 11) is 0. The van der Waals surface area contributed by atoms with Gasteiger partial charge in [-0.25, -0.2) is 0 Å². The summed E-state index contributed by atoms with van der Waals surface area (Å²) in [6.07, 6.45) is 5.69. The first-order chi connectivity index (χ1) is 7.92. The number of ether oxygens (including phenoxy) is 1. The summed E-state index contributed by atoms with van der Waals surface area (Å²) in [6.45, 7) is 5.12. The van der Waals surface area contributed by atoms with E-state index in [2.05, 4.69) is 0 Å². The zero-order valence-electron chi connectivity index (χ0n) is 10.6. The number of carboxylic acids is 1. The predicted molar refractivity (Wildman–Crippen MR) is 63.5 cm³/mol. The molecule has 0 bridgehead atoms. The van der Waals surface area contributed by atoms with Crippen molar-refractivity contribution in [3.05, 3.63) is 12.2 Å². The third-order valence-electron chi connectivity index (χ3n) is 3.51. The molecule has 3 atom stereocenters. The normalized spacial score (nSPS) is 24.1. The molecule has 1 aliphatic carbocycles. The van der Waals surface area contributed by atoms with Crippen molar-refractivity contribution in [2.75, 3.05) is 0 Å². The highest BCUT2D eigenvalue weighted by molar-refractivity contribution is 5.99. The summed E-state index contributed by atoms with van der Waals surface area (Å²) in [5.74, 6) is -2.00. The Morgan fingerprint density at radius 1 is 1.59 bits per heavy atom. The molecule has 0 aromatic carbocycles. The van der Waals surface area contributed by atoms with E-state index in [4.69, 9.17) is 4.74 Å². The molecule has 0 aromatic heterocycles. The zero-order valence-corrected chi connectivity index (χ0v) is 10.6. The van der Waals surface area contributed by atoms with E-state index < -0.39 is 17.4 Å². The summed E-state index contributed by atoms with van der Waals surface area (Å²) in [5.41, 5.74) is -1.46. The lowest BCUT2D eigenvalue weighted by molar-refractivity contribution is -0.173. The fraction of sp³-hybridized carbons (Fsp3) is 0.692. The van der Waals surface area contributed by atoms with E-state index >= 15 is 0 Å². The summed E-state index contributed by atoms with van der Waals surface area (Å²) < 4.78 is 5.18. The molecule has 0 saturated heterocycles. The summed E-state index contributed by atoms with van der Waals surface area (Å²) in [6, 6.07) is 0. The van der Waals surface area contributed by atoms with Crippen LogP contribution in [0.3, 0.4) is 0 Å². The lowest BCUT2D eigenvalue weighted by atomic mass is 9.76. The largest absolute Gasteiger partial charge is 0.480 e. The SMILES string of the molecule is CCC(C)OC(=O)C(C)(C(=O)O)C1C=CCC1. The standard InChI is InChI=1S/C13H20O4/c1-4-9(2)17-12(16)13(3,11(14)15)10-7-5-6-8-10/h5,7,9-10H,4,6,8H2,1-3H3,(H,14,15). The molecule has 1 N–H and O–H groups in total. The van der Waals surface area contributed by atoms with Gasteiger partial charge in [0, 0.05) is 5.92 Å². The molecule has 0 heterocycles. The maximum Gasteiger partial charge on any atom is 0.324 e. The third-order valence-corrected chi connectivity index (χ3v) is 3.51. The minimum atomic E-state index is -1.46. The smallest absolute Gasteiger partial charge is 0.324 e. The van der Waals surface area contributed by atoms with Crippen molar-refractivity contribution in [1.29, 1.82) is 0 Å². The average molecular weight is 240 g/mol. The van der Waals surface area contributed by atoms with Gasteiger partial charge in [-0.1, -0.05) is 19.1 Å². The quantitative estimate of drug-likeness (QED) is 0.455. The van der Waals surface area contributed by atoms with E-state index in [0.29, 0.717) is 12.8 Å². The molecular formula is C13H20O4. The van der Waals surface area contributed by atoms with Gasteiger partial charge in [0.2, 0.25) is 0 Å². The number of hydrogen-bond acceptors (Lipinski definition) is 3. The highest BCUT2D eigenvalue weighted by Gasteiger charge is 2.49. The molecule has 0 amide bonds. The van der Waals surface area contributed by atoms with Crippen LogP contribution in [0.1, 0.15) is 40.0 Å². The minimum Gasteiger partial charge on any atom is -0.480 e. The third kappa shape index (κ3) is 2.68. The van der Waals surface area contributed by atoms with Crippen LogP contribution in [-0.2, 0) is 14.3 Å². The van der Waals surface area contributed by atoms with Crippen molar-refractivity contribution in [3.63, 3.8) is 0 Å². The van der Waals surface area contributed by atoms with Crippen LogP contribution < -0.4 is 0 Å². The van der Waals surface area contributed by atoms with Gasteiger partial charge in [-0.05, 0) is 33.1 Å². The van der Waals surface area contributed by atoms with Gasteiger partial charge in [-0.3, -0.25) is 9.59 Å². The number of carbonyl (C=O) groups is 2. The monoisotopic (exact) mass is 240 g/mol. The number of aliphatic carboxylic acids is 1. The van der Waals surface area contributed by atoms with Crippen LogP contribution in [-0.4, -0.2) is 23.1 Å². The molecule has 0 fully saturated rings. The molecule has 17 heavy (non-hydrogen) atoms. The summed E-state index contributed by atoms with van der Waals surface area (Å²) in [4.78, 5) is 23.4. The average Bonchev–Trinajstić information content (AvgIpc) is 2.80. The van der Waals surface area contributed by atoms with Crippen molar-refractivity contribution in [1.82, 2.24) is 0 Å². The Balaban J connectivity index is 2.87. The number of carboxylic acid groups (broad SMARTS) is 1. The van der Waals surface area contributed by atoms with Gasteiger partial charge < -0.3 is 9.84 Å². The van der Waals surface area contributed by atoms with Crippen LogP contribution in [0.5, 0.6) is 0 Å². The molecule has 96 valence electrons. The molecule has 0 radical (unpaired) electrons. The Labute approximate surface area is 102 Å². The van der Waals surface area contributed by atoms with E-state index in [-0.39, 0.29) is 12.0 Å². The fourth-order valence-corrected chi connectivity index (χ4v) is 1.90. The molecule has 1 rings (SSSR count). The topological polar surface area (TPSA) is 63.6 Å². The first-order valence-corrected chi connectivity index (χ1v) is 6.04. The maximum atomic E-state index is 12.0. The van der Waals surface area contributed by atoms with Crippen LogP contribution in [0, 0.1) is 11.3 Å². The minimum absolute atomic E-state index is 0.244. The molecule has 3 unspecified atom stereocenters. The zero-order chi connectivity index (χ0) is 13.1. The van der Waals surface area contributed by atoms with Gasteiger partial charge >= 0.3 is 11.9 Å². The van der Waals surface area contributed by atoms with E-state index in [1.54, 1.807) is 6.92 Å². The number of rotatable bonds is 5. The number of carbonyl (C=O) groups excluding carboxylic acids is 1. The van der Waals surface area contributed by atoms with Crippen molar-refractivity contribution in [3.8, 4) is 0 Å². The van der Waals surface area contributed by atoms with Crippen LogP contribution in [0.25, 0.3) is 0 Å². The number of allylic oxidation sites excluding steroid dienone is 2. The maximum absolute atomic E-state index is 12.0. The molecule has 0 saturated carbocycles. The first kappa shape index (κ1) is 13.7. The van der Waals surface area contributed by atoms with Crippen molar-refractivity contribution in [2.45, 2.75) is 46.1 Å². The number of esters is 1. The second-order valence-corrected chi connectivity index (χ2v) is 4.74. The van der Waals surface area contributed by atoms with Crippen molar-refractivity contribution < 1.29 is 19.4 Å². The second-order valence-electron chi connectivity index (χ2n) is 4.74. The summed E-state index contributed by atoms with van der Waals surface area (Å²) >= 11 is 0. The molecule has 0 aliphatic heterocycles. The van der Waals surface area contributed by atoms with E-state index in [9.17, 15) is 14.7 Å². The van der Waals surface area contributed by atoms with E-state index in [1.807, 2.05) is 19.1 Å². The highest BCUT2D eigenvalue weighted by atomic mass is 16.5. The number of hydrogen-bond donors (Lipinski definition) is 1. The van der Waals surface area contributed by atoms with Crippen LogP contribution in [0.4, 0.5) is 0 Å². The molecular weight excluding hydrogens is 220 g/mol. The van der Waals surface area contributed by atoms with E-state index in [1.165, 1.54) is 6.92 Å². The Hall–Kier alpha value is -1.32. The van der Waals surface area contributed by atoms with Crippen molar-refractivity contribution >= 4 is 11.9 Å². The summed E-state index contributed by atoms with van der Waals surface area (Å²) in [5, 5.41) is 9.31. The van der Waals surface area contributed by atoms with Gasteiger partial charge in [0.05, 0.1) is 6.10 Å². The Bertz CT molecular complexity index is 334. The van der Waals surface area contributed by atoms with Crippen LogP contribution in [0.15, 0.2) is 12.2 Å². The molecule has 0 aromatic rings. The molecule has 0 spiro atoms. The van der Waals surface area contributed by atoms with Gasteiger partial charge in [-0.15, -0.1) is 0 Å². The molecule has 1 aliphatic rings. The second kappa shape index (κ2) is 5.34. The van der Waals surface area contributed by atoms with E-state index in [0.717, 1.165) is 6.42 Å². The molecule has 4 heteroatoms. The fourth-order valence-electron chi connectivity index (χ4n) is 1.90. The molecule has 4 nitrogen and oxygen atoms in total. The highest BCUT2D eigenvalue weighted by Crippen LogP contribution is 2.37. The Kier molecular flexibility index (Phi) is 4.32. The first-order valence-electron chi connectivity index (χ1n) is 6.04. The Morgan fingerprint density at radius 2 is 2.24 bits per heavy atom. The van der Waals surface area contributed by atoms with Crippen LogP contribution >= 0.6 is 0 Å². The van der Waals surface area contributed by atoms with Crippen LogP contribution in [0.2, 0.25) is 0 Å². The lowest BCUT2D eigenvalue weighted by Gasteiger charge is -2.29. The van der Waals surface area contributed by atoms with Crippen molar-refractivity contribution in [2.24, 2.45) is 11.3 Å². The lowest BCUT2D eigenvalue weighted by Crippen LogP contribution is -2.44. The predicted octanol–water partition coefficient (Wildman–Crippen LogP) is 2.39.